The van der Waals surface area contributed by atoms with Crippen molar-refractivity contribution in [3.05, 3.63) is 0 Å². The second-order valence-electron chi connectivity index (χ2n) is 2.37. The van der Waals surface area contributed by atoms with E-state index in [0.717, 1.165) is 0 Å². The largest absolute Gasteiger partial charge is 0.481 e. The predicted molar refractivity (Wildman–Crippen MR) is 40.6 cm³/mol. The Bertz CT molecular complexity index is 200. The number of amides is 1. The van der Waals surface area contributed by atoms with E-state index < -0.39 is 11.9 Å². The zero-order valence-electron chi connectivity index (χ0n) is 6.79. The number of Topliss-reactive ketones (excluding diaryl/α,β-unsaturated/α-hetero) is 1. The lowest BCUT2D eigenvalue weighted by molar-refractivity contribution is -0.136. The smallest absolute Gasteiger partial charge is 0.305 e. The van der Waals surface area contributed by atoms with Crippen molar-refractivity contribution in [3.63, 3.8) is 0 Å². The van der Waals surface area contributed by atoms with Gasteiger partial charge in [0, 0.05) is 6.54 Å². The van der Waals surface area contributed by atoms with Gasteiger partial charge in [0.1, 0.15) is 5.78 Å². The van der Waals surface area contributed by atoms with E-state index in [0.29, 0.717) is 0 Å². The predicted octanol–water partition coefficient (Wildman–Crippen LogP) is -0.444. The molecule has 0 spiro atoms. The highest BCUT2D eigenvalue weighted by molar-refractivity contribution is 5.96. The van der Waals surface area contributed by atoms with Crippen LogP contribution in [-0.4, -0.2) is 29.3 Å². The number of nitrogens with one attached hydrogen (secondary N) is 1. The molecular weight excluding hydrogens is 162 g/mol. The molecule has 0 aromatic carbocycles. The van der Waals surface area contributed by atoms with Crippen LogP contribution in [0.25, 0.3) is 0 Å². The lowest BCUT2D eigenvalue weighted by Crippen LogP contribution is -2.27. The van der Waals surface area contributed by atoms with E-state index in [2.05, 4.69) is 5.32 Å². The molecule has 0 aliphatic carbocycles. The Balaban J connectivity index is 3.44. The summed E-state index contributed by atoms with van der Waals surface area (Å²) in [7, 11) is 0. The van der Waals surface area contributed by atoms with Crippen molar-refractivity contribution < 1.29 is 19.5 Å². The van der Waals surface area contributed by atoms with Gasteiger partial charge in [-0.3, -0.25) is 14.4 Å². The van der Waals surface area contributed by atoms with Crippen molar-refractivity contribution >= 4 is 17.7 Å². The summed E-state index contributed by atoms with van der Waals surface area (Å²) in [6, 6.07) is 0. The fourth-order valence-corrected chi connectivity index (χ4v) is 0.597. The molecule has 68 valence electrons. The SMILES string of the molecule is CC(=O)CC(=O)NCCC(=O)O. The summed E-state index contributed by atoms with van der Waals surface area (Å²) >= 11 is 0. The molecule has 0 fully saturated rings. The number of carbonyl (C=O) groups is 3. The van der Waals surface area contributed by atoms with Gasteiger partial charge in [-0.15, -0.1) is 0 Å². The highest BCUT2D eigenvalue weighted by Gasteiger charge is 2.04. The number of rotatable bonds is 5. The Kier molecular flexibility index (Phi) is 4.67. The van der Waals surface area contributed by atoms with Gasteiger partial charge in [-0.25, -0.2) is 0 Å². The van der Waals surface area contributed by atoms with Gasteiger partial charge in [-0.2, -0.15) is 0 Å². The molecule has 0 aliphatic rings. The Labute approximate surface area is 69.8 Å². The van der Waals surface area contributed by atoms with Crippen LogP contribution in [0.4, 0.5) is 0 Å². The molecule has 0 aromatic rings. The summed E-state index contributed by atoms with van der Waals surface area (Å²) in [6.45, 7) is 1.37. The number of aliphatic carboxylic acids is 1. The maximum atomic E-state index is 10.7. The molecule has 0 rings (SSSR count). The van der Waals surface area contributed by atoms with E-state index >= 15 is 0 Å². The molecule has 0 atom stereocenters. The van der Waals surface area contributed by atoms with Crippen LogP contribution in [0.2, 0.25) is 0 Å². The van der Waals surface area contributed by atoms with Gasteiger partial charge in [0.05, 0.1) is 12.8 Å². The van der Waals surface area contributed by atoms with E-state index in [-0.39, 0.29) is 25.2 Å². The van der Waals surface area contributed by atoms with Crippen LogP contribution in [0.3, 0.4) is 0 Å². The fourth-order valence-electron chi connectivity index (χ4n) is 0.597. The molecule has 2 N–H and O–H groups in total. The standard InChI is InChI=1S/C7H11NO4/c1-5(9)4-6(10)8-3-2-7(11)12/h2-4H2,1H3,(H,8,10)(H,11,12). The summed E-state index contributed by atoms with van der Waals surface area (Å²) in [4.78, 5) is 31.1. The van der Waals surface area contributed by atoms with Crippen molar-refractivity contribution in [1.82, 2.24) is 5.32 Å². The molecule has 0 heterocycles. The maximum Gasteiger partial charge on any atom is 0.305 e. The third-order valence-electron chi connectivity index (χ3n) is 1.07. The van der Waals surface area contributed by atoms with Gasteiger partial charge in [-0.05, 0) is 6.92 Å². The number of carbonyl (C=O) groups excluding carboxylic acids is 2. The van der Waals surface area contributed by atoms with E-state index in [9.17, 15) is 14.4 Å². The minimum atomic E-state index is -0.974. The van der Waals surface area contributed by atoms with Crippen LogP contribution < -0.4 is 5.32 Å². The first-order chi connectivity index (χ1) is 5.52. The first-order valence-corrected chi connectivity index (χ1v) is 3.50. The van der Waals surface area contributed by atoms with Crippen LogP contribution in [0.5, 0.6) is 0 Å². The Morgan fingerprint density at radius 2 is 1.92 bits per heavy atom. The second kappa shape index (κ2) is 5.29. The van der Waals surface area contributed by atoms with E-state index in [1.807, 2.05) is 0 Å². The molecule has 0 aromatic heterocycles. The zero-order valence-corrected chi connectivity index (χ0v) is 6.79. The Morgan fingerprint density at radius 1 is 1.33 bits per heavy atom. The minimum absolute atomic E-state index is 0.0709. The molecule has 5 heteroatoms. The van der Waals surface area contributed by atoms with Crippen molar-refractivity contribution in [2.75, 3.05) is 6.54 Å². The number of carboxylic acid groups (broad SMARTS) is 1. The average molecular weight is 173 g/mol. The van der Waals surface area contributed by atoms with Crippen molar-refractivity contribution in [2.24, 2.45) is 0 Å². The van der Waals surface area contributed by atoms with Gasteiger partial charge in [0.15, 0.2) is 0 Å². The van der Waals surface area contributed by atoms with Crippen LogP contribution in [-0.2, 0) is 14.4 Å². The summed E-state index contributed by atoms with van der Waals surface area (Å²) < 4.78 is 0. The van der Waals surface area contributed by atoms with Gasteiger partial charge in [-0.1, -0.05) is 0 Å². The highest BCUT2D eigenvalue weighted by Crippen LogP contribution is 1.82. The molecule has 0 bridgehead atoms. The van der Waals surface area contributed by atoms with Crippen molar-refractivity contribution in [1.29, 1.82) is 0 Å². The van der Waals surface area contributed by atoms with Crippen LogP contribution in [0.1, 0.15) is 19.8 Å². The second-order valence-corrected chi connectivity index (χ2v) is 2.37. The first kappa shape index (κ1) is 10.6. The number of carboxylic acids is 1. The van der Waals surface area contributed by atoms with E-state index in [1.54, 1.807) is 0 Å². The molecule has 12 heavy (non-hydrogen) atoms. The average Bonchev–Trinajstić information content (AvgIpc) is 1.84. The quantitative estimate of drug-likeness (QED) is 0.552. The summed E-state index contributed by atoms with van der Waals surface area (Å²) in [5, 5.41) is 10.5. The fraction of sp³-hybridized carbons (Fsp3) is 0.571. The lowest BCUT2D eigenvalue weighted by Gasteiger charge is -1.99. The molecule has 0 saturated heterocycles. The Hall–Kier alpha value is -1.39. The third-order valence-corrected chi connectivity index (χ3v) is 1.07. The van der Waals surface area contributed by atoms with Crippen LogP contribution >= 0.6 is 0 Å². The van der Waals surface area contributed by atoms with Gasteiger partial charge in [0.2, 0.25) is 5.91 Å². The molecule has 0 radical (unpaired) electrons. The molecule has 5 nitrogen and oxygen atoms in total. The maximum absolute atomic E-state index is 10.7. The topological polar surface area (TPSA) is 83.5 Å². The highest BCUT2D eigenvalue weighted by atomic mass is 16.4. The molecule has 0 saturated carbocycles. The third kappa shape index (κ3) is 6.73. The van der Waals surface area contributed by atoms with E-state index in [4.69, 9.17) is 5.11 Å². The number of hydrogen-bond acceptors (Lipinski definition) is 3. The Morgan fingerprint density at radius 3 is 2.33 bits per heavy atom. The number of hydrogen-bond donors (Lipinski definition) is 2. The lowest BCUT2D eigenvalue weighted by atomic mass is 10.3. The molecule has 0 aliphatic heterocycles. The number of ketones is 1. The monoisotopic (exact) mass is 173 g/mol. The molecular formula is C7H11NO4. The van der Waals surface area contributed by atoms with Crippen LogP contribution in [0.15, 0.2) is 0 Å². The van der Waals surface area contributed by atoms with Gasteiger partial charge < -0.3 is 10.4 Å². The summed E-state index contributed by atoms with van der Waals surface area (Å²) in [6.07, 6.45) is -0.302. The van der Waals surface area contributed by atoms with Gasteiger partial charge >= 0.3 is 5.97 Å². The normalized spacial score (nSPS) is 9.08. The van der Waals surface area contributed by atoms with Crippen molar-refractivity contribution in [3.8, 4) is 0 Å². The first-order valence-electron chi connectivity index (χ1n) is 3.50. The summed E-state index contributed by atoms with van der Waals surface area (Å²) in [5.41, 5.74) is 0. The minimum Gasteiger partial charge on any atom is -0.481 e. The summed E-state index contributed by atoms with van der Waals surface area (Å²) in [5.74, 6) is -1.63. The van der Waals surface area contributed by atoms with Crippen molar-refractivity contribution in [2.45, 2.75) is 19.8 Å². The van der Waals surface area contributed by atoms with Gasteiger partial charge in [0.25, 0.3) is 0 Å². The molecule has 1 amide bonds. The zero-order chi connectivity index (χ0) is 9.56. The molecule has 0 unspecified atom stereocenters. The van der Waals surface area contributed by atoms with E-state index in [1.165, 1.54) is 6.92 Å². The van der Waals surface area contributed by atoms with Crippen LogP contribution in [0, 0.1) is 0 Å².